The highest BCUT2D eigenvalue weighted by Gasteiger charge is 2.04. The second kappa shape index (κ2) is 3.49. The Kier molecular flexibility index (Phi) is 2.60. The van der Waals surface area contributed by atoms with Crippen molar-refractivity contribution in [1.82, 2.24) is 4.98 Å². The van der Waals surface area contributed by atoms with Crippen LogP contribution in [0, 0.1) is 6.92 Å². The standard InChI is InChI=1S/C9H14N2/c1-3-9(10)8-4-5-11-6-7(8)2/h4-6,9H,3,10H2,1-2H3/t9-/m1/s1. The highest BCUT2D eigenvalue weighted by molar-refractivity contribution is 5.24. The van der Waals surface area contributed by atoms with Crippen molar-refractivity contribution in [1.29, 1.82) is 0 Å². The molecule has 0 aliphatic rings. The minimum Gasteiger partial charge on any atom is -0.324 e. The van der Waals surface area contributed by atoms with E-state index in [4.69, 9.17) is 5.73 Å². The first-order valence-electron chi connectivity index (χ1n) is 3.91. The van der Waals surface area contributed by atoms with Gasteiger partial charge in [0.15, 0.2) is 0 Å². The Balaban J connectivity index is 2.93. The number of hydrogen-bond acceptors (Lipinski definition) is 2. The van der Waals surface area contributed by atoms with Gasteiger partial charge in [-0.15, -0.1) is 0 Å². The lowest BCUT2D eigenvalue weighted by molar-refractivity contribution is 0.692. The normalized spacial score (nSPS) is 13.0. The van der Waals surface area contributed by atoms with Crippen molar-refractivity contribution in [3.05, 3.63) is 29.6 Å². The van der Waals surface area contributed by atoms with Crippen molar-refractivity contribution in [3.8, 4) is 0 Å². The van der Waals surface area contributed by atoms with E-state index in [0.29, 0.717) is 0 Å². The van der Waals surface area contributed by atoms with Gasteiger partial charge in [0.1, 0.15) is 0 Å². The molecule has 1 atom stereocenters. The van der Waals surface area contributed by atoms with Crippen molar-refractivity contribution in [2.24, 2.45) is 5.73 Å². The number of nitrogens with zero attached hydrogens (tertiary/aromatic N) is 1. The Morgan fingerprint density at radius 3 is 2.91 bits per heavy atom. The molecule has 1 aromatic rings. The summed E-state index contributed by atoms with van der Waals surface area (Å²) in [5, 5.41) is 0. The summed E-state index contributed by atoms with van der Waals surface area (Å²) in [5.74, 6) is 0. The van der Waals surface area contributed by atoms with Crippen LogP contribution in [0.25, 0.3) is 0 Å². The van der Waals surface area contributed by atoms with Crippen molar-refractivity contribution in [2.45, 2.75) is 26.3 Å². The number of rotatable bonds is 2. The van der Waals surface area contributed by atoms with E-state index in [2.05, 4.69) is 11.9 Å². The van der Waals surface area contributed by atoms with Gasteiger partial charge in [-0.2, -0.15) is 0 Å². The third-order valence-corrected chi connectivity index (χ3v) is 1.90. The average Bonchev–Trinajstić information content (AvgIpc) is 2.04. The van der Waals surface area contributed by atoms with Gasteiger partial charge in [-0.3, -0.25) is 4.98 Å². The molecular weight excluding hydrogens is 136 g/mol. The van der Waals surface area contributed by atoms with Crippen molar-refractivity contribution in [2.75, 3.05) is 0 Å². The van der Waals surface area contributed by atoms with Crippen LogP contribution in [-0.2, 0) is 0 Å². The van der Waals surface area contributed by atoms with E-state index in [1.54, 1.807) is 6.20 Å². The Labute approximate surface area is 67.5 Å². The Morgan fingerprint density at radius 1 is 1.64 bits per heavy atom. The van der Waals surface area contributed by atoms with Crippen LogP contribution in [0.1, 0.15) is 30.5 Å². The van der Waals surface area contributed by atoms with E-state index >= 15 is 0 Å². The molecule has 0 aromatic carbocycles. The van der Waals surface area contributed by atoms with Crippen LogP contribution in [0.15, 0.2) is 18.5 Å². The van der Waals surface area contributed by atoms with Gasteiger partial charge in [0.05, 0.1) is 0 Å². The van der Waals surface area contributed by atoms with Crippen LogP contribution < -0.4 is 5.73 Å². The van der Waals surface area contributed by atoms with Gasteiger partial charge in [0, 0.05) is 18.4 Å². The number of aryl methyl sites for hydroxylation is 1. The SMILES string of the molecule is CC[C@@H](N)c1ccncc1C. The molecule has 60 valence electrons. The van der Waals surface area contributed by atoms with E-state index < -0.39 is 0 Å². The van der Waals surface area contributed by atoms with Crippen molar-refractivity contribution in [3.63, 3.8) is 0 Å². The third kappa shape index (κ3) is 1.77. The maximum absolute atomic E-state index is 5.87. The molecule has 2 nitrogen and oxygen atoms in total. The molecule has 2 N–H and O–H groups in total. The maximum Gasteiger partial charge on any atom is 0.0300 e. The van der Waals surface area contributed by atoms with Crippen molar-refractivity contribution < 1.29 is 0 Å². The molecule has 0 unspecified atom stereocenters. The molecule has 0 radical (unpaired) electrons. The summed E-state index contributed by atoms with van der Waals surface area (Å²) in [6.45, 7) is 4.13. The first kappa shape index (κ1) is 8.21. The number of nitrogens with two attached hydrogens (primary N) is 1. The first-order chi connectivity index (χ1) is 5.25. The molecule has 1 heterocycles. The summed E-state index contributed by atoms with van der Waals surface area (Å²) in [6.07, 6.45) is 4.62. The van der Waals surface area contributed by atoms with Crippen LogP contribution >= 0.6 is 0 Å². The zero-order valence-electron chi connectivity index (χ0n) is 7.04. The fourth-order valence-corrected chi connectivity index (χ4v) is 1.12. The summed E-state index contributed by atoms with van der Waals surface area (Å²) in [4.78, 5) is 4.01. The van der Waals surface area contributed by atoms with Crippen LogP contribution in [0.2, 0.25) is 0 Å². The molecule has 1 rings (SSSR count). The molecular formula is C9H14N2. The molecule has 0 saturated heterocycles. The number of aromatic nitrogens is 1. The van der Waals surface area contributed by atoms with E-state index in [1.807, 2.05) is 19.2 Å². The highest BCUT2D eigenvalue weighted by Crippen LogP contribution is 2.15. The topological polar surface area (TPSA) is 38.9 Å². The molecule has 0 fully saturated rings. The summed E-state index contributed by atoms with van der Waals surface area (Å²) in [6, 6.07) is 2.15. The molecule has 0 saturated carbocycles. The van der Waals surface area contributed by atoms with Gasteiger partial charge in [0.2, 0.25) is 0 Å². The van der Waals surface area contributed by atoms with Gasteiger partial charge in [0.25, 0.3) is 0 Å². The molecule has 0 bridgehead atoms. The van der Waals surface area contributed by atoms with E-state index in [9.17, 15) is 0 Å². The van der Waals surface area contributed by atoms with E-state index in [0.717, 1.165) is 6.42 Å². The second-order valence-electron chi connectivity index (χ2n) is 2.75. The van der Waals surface area contributed by atoms with Gasteiger partial charge >= 0.3 is 0 Å². The van der Waals surface area contributed by atoms with E-state index in [-0.39, 0.29) is 6.04 Å². The Hall–Kier alpha value is -0.890. The van der Waals surface area contributed by atoms with Crippen LogP contribution in [0.5, 0.6) is 0 Å². The first-order valence-corrected chi connectivity index (χ1v) is 3.91. The molecule has 0 aliphatic carbocycles. The summed E-state index contributed by atoms with van der Waals surface area (Å²) in [5.41, 5.74) is 8.26. The lowest BCUT2D eigenvalue weighted by atomic mass is 10.0. The molecule has 2 heteroatoms. The quantitative estimate of drug-likeness (QED) is 0.698. The molecule has 1 aromatic heterocycles. The summed E-state index contributed by atoms with van der Waals surface area (Å²) in [7, 11) is 0. The third-order valence-electron chi connectivity index (χ3n) is 1.90. The minimum atomic E-state index is 0.165. The molecule has 0 amide bonds. The fourth-order valence-electron chi connectivity index (χ4n) is 1.12. The Bertz CT molecular complexity index is 233. The number of hydrogen-bond donors (Lipinski definition) is 1. The predicted octanol–water partition coefficient (Wildman–Crippen LogP) is 1.80. The highest BCUT2D eigenvalue weighted by atomic mass is 14.7. The lowest BCUT2D eigenvalue weighted by Crippen LogP contribution is -2.10. The fraction of sp³-hybridized carbons (Fsp3) is 0.444. The second-order valence-corrected chi connectivity index (χ2v) is 2.75. The largest absolute Gasteiger partial charge is 0.324 e. The van der Waals surface area contributed by atoms with Crippen LogP contribution in [0.3, 0.4) is 0 Å². The Morgan fingerprint density at radius 2 is 2.36 bits per heavy atom. The molecule has 0 aliphatic heterocycles. The zero-order valence-corrected chi connectivity index (χ0v) is 7.04. The van der Waals surface area contributed by atoms with E-state index in [1.165, 1.54) is 11.1 Å². The maximum atomic E-state index is 5.87. The van der Waals surface area contributed by atoms with Crippen molar-refractivity contribution >= 4 is 0 Å². The smallest absolute Gasteiger partial charge is 0.0300 e. The average molecular weight is 150 g/mol. The van der Waals surface area contributed by atoms with Gasteiger partial charge in [-0.05, 0) is 30.5 Å². The summed E-state index contributed by atoms with van der Waals surface area (Å²) >= 11 is 0. The predicted molar refractivity (Wildman–Crippen MR) is 46.2 cm³/mol. The van der Waals surface area contributed by atoms with Gasteiger partial charge < -0.3 is 5.73 Å². The monoisotopic (exact) mass is 150 g/mol. The lowest BCUT2D eigenvalue weighted by Gasteiger charge is -2.10. The molecule has 11 heavy (non-hydrogen) atoms. The van der Waals surface area contributed by atoms with Crippen LogP contribution in [-0.4, -0.2) is 4.98 Å². The van der Waals surface area contributed by atoms with Crippen LogP contribution in [0.4, 0.5) is 0 Å². The molecule has 0 spiro atoms. The van der Waals surface area contributed by atoms with Gasteiger partial charge in [-0.1, -0.05) is 6.92 Å². The minimum absolute atomic E-state index is 0.165. The van der Waals surface area contributed by atoms with Gasteiger partial charge in [-0.25, -0.2) is 0 Å². The number of pyridine rings is 1. The summed E-state index contributed by atoms with van der Waals surface area (Å²) < 4.78 is 0. The zero-order chi connectivity index (χ0) is 8.27.